The van der Waals surface area contributed by atoms with Crippen LogP contribution in [0.3, 0.4) is 0 Å². The second-order valence-corrected chi connectivity index (χ2v) is 6.67. The first-order valence-corrected chi connectivity index (χ1v) is 9.20. The van der Waals surface area contributed by atoms with E-state index in [1.54, 1.807) is 0 Å². The first kappa shape index (κ1) is 21.5. The van der Waals surface area contributed by atoms with Crippen molar-refractivity contribution in [1.82, 2.24) is 10.2 Å². The summed E-state index contributed by atoms with van der Waals surface area (Å²) in [5.74, 6) is 1.04. The third kappa shape index (κ3) is 6.02. The summed E-state index contributed by atoms with van der Waals surface area (Å²) in [6.07, 6.45) is 1.87. The Labute approximate surface area is 158 Å². The molecule has 2 rings (SSSR count). The molecule has 0 fully saturated rings. The number of aromatic nitrogens is 2. The number of benzene rings is 1. The van der Waals surface area contributed by atoms with Crippen molar-refractivity contribution in [3.8, 4) is 0 Å². The number of hydrogen-bond acceptors (Lipinski definition) is 5. The van der Waals surface area contributed by atoms with Crippen LogP contribution in [0.4, 0.5) is 5.69 Å². The molecule has 0 spiro atoms. The molecule has 1 heterocycles. The van der Waals surface area contributed by atoms with E-state index >= 15 is 0 Å². The van der Waals surface area contributed by atoms with Gasteiger partial charge in [0.2, 0.25) is 5.91 Å². The lowest BCUT2D eigenvalue weighted by molar-refractivity contribution is -0.444. The molecule has 138 valence electrons. The molecular formula is C17H25ClN4O2S. The van der Waals surface area contributed by atoms with E-state index in [2.05, 4.69) is 42.0 Å². The lowest BCUT2D eigenvalue weighted by Gasteiger charge is -2.10. The van der Waals surface area contributed by atoms with Crippen molar-refractivity contribution in [3.05, 3.63) is 35.7 Å². The molecule has 2 atom stereocenters. The first-order chi connectivity index (χ1) is 11.5. The average molecular weight is 385 g/mol. The Morgan fingerprint density at radius 1 is 1.32 bits per heavy atom. The molecule has 1 amide bonds. The largest absolute Gasteiger partial charge is 1.00 e. The summed E-state index contributed by atoms with van der Waals surface area (Å²) in [6, 6.07) is 7.77. The van der Waals surface area contributed by atoms with Crippen LogP contribution in [0.5, 0.6) is 0 Å². The molecule has 0 aliphatic carbocycles. The second kappa shape index (κ2) is 10.4. The van der Waals surface area contributed by atoms with Gasteiger partial charge in [0.05, 0.1) is 5.75 Å². The number of rotatable bonds is 8. The zero-order valence-electron chi connectivity index (χ0n) is 14.8. The number of amides is 1. The number of nitrogens with one attached hydrogen (secondary N) is 1. The van der Waals surface area contributed by atoms with Crippen LogP contribution in [0.15, 0.2) is 33.9 Å². The van der Waals surface area contributed by atoms with Crippen molar-refractivity contribution < 1.29 is 27.4 Å². The highest BCUT2D eigenvalue weighted by atomic mass is 35.5. The van der Waals surface area contributed by atoms with E-state index in [0.29, 0.717) is 17.0 Å². The molecule has 6 nitrogen and oxygen atoms in total. The number of quaternary nitrogens is 1. The van der Waals surface area contributed by atoms with Crippen molar-refractivity contribution in [1.29, 1.82) is 0 Å². The zero-order valence-corrected chi connectivity index (χ0v) is 16.4. The molecular weight excluding hydrogens is 360 g/mol. The predicted octanol–water partition coefficient (Wildman–Crippen LogP) is -0.304. The van der Waals surface area contributed by atoms with Gasteiger partial charge in [0.25, 0.3) is 11.1 Å². The highest BCUT2D eigenvalue weighted by molar-refractivity contribution is 7.99. The number of nitrogens with zero attached hydrogens (tertiary/aromatic N) is 2. The Bertz CT molecular complexity index is 680. The van der Waals surface area contributed by atoms with E-state index in [4.69, 9.17) is 4.42 Å². The fourth-order valence-electron chi connectivity index (χ4n) is 2.22. The maximum atomic E-state index is 12.1. The maximum absolute atomic E-state index is 12.1. The number of aryl methyl sites for hydroxylation is 1. The van der Waals surface area contributed by atoms with E-state index < -0.39 is 0 Å². The van der Waals surface area contributed by atoms with E-state index in [1.807, 2.05) is 24.3 Å². The summed E-state index contributed by atoms with van der Waals surface area (Å²) in [5.41, 5.74) is 6.05. The molecule has 2 aromatic rings. The number of hydrogen-bond donors (Lipinski definition) is 2. The highest BCUT2D eigenvalue weighted by Gasteiger charge is 2.23. The monoisotopic (exact) mass is 384 g/mol. The van der Waals surface area contributed by atoms with Crippen LogP contribution < -0.4 is 23.5 Å². The lowest BCUT2D eigenvalue weighted by atomic mass is 10.0. The lowest BCUT2D eigenvalue weighted by Crippen LogP contribution is -3.00. The van der Waals surface area contributed by atoms with Crippen LogP contribution in [-0.2, 0) is 11.2 Å². The standard InChI is InChI=1S/C17H24N4O2S.ClH/c1-4-11(3)15(18)16-20-21-17(23-16)24-10-14(22)19-13-9-7-6-8-12(13)5-2;/h6-9,11,15H,4-5,10,18H2,1-3H3,(H,19,22);1H/t11?,15-;/m0./s1. The first-order valence-electron chi connectivity index (χ1n) is 8.22. The molecule has 0 saturated heterocycles. The zero-order chi connectivity index (χ0) is 17.5. The Hall–Kier alpha value is -1.57. The number of thioether (sulfide) groups is 1. The van der Waals surface area contributed by atoms with Gasteiger partial charge in [-0.1, -0.05) is 50.7 Å². The van der Waals surface area contributed by atoms with E-state index in [-0.39, 0.29) is 30.1 Å². The Morgan fingerprint density at radius 2 is 2.04 bits per heavy atom. The average Bonchev–Trinajstić information content (AvgIpc) is 3.08. The molecule has 8 heteroatoms. The second-order valence-electron chi connectivity index (χ2n) is 5.75. The topological polar surface area (TPSA) is 95.7 Å². The smallest absolute Gasteiger partial charge is 0.277 e. The molecule has 0 radical (unpaired) electrons. The molecule has 1 aromatic heterocycles. The molecule has 1 unspecified atom stereocenters. The van der Waals surface area contributed by atoms with Gasteiger partial charge in [-0.2, -0.15) is 0 Å². The summed E-state index contributed by atoms with van der Waals surface area (Å²) in [5, 5.41) is 11.4. The number of halogens is 1. The SMILES string of the molecule is CCc1ccccc1NC(=O)CSc1nnc([C@@H]([NH3+])C(C)CC)o1.[Cl-]. The third-order valence-electron chi connectivity index (χ3n) is 4.07. The van der Waals surface area contributed by atoms with Gasteiger partial charge >= 0.3 is 0 Å². The molecule has 0 saturated carbocycles. The van der Waals surface area contributed by atoms with Gasteiger partial charge in [-0.3, -0.25) is 4.79 Å². The fraction of sp³-hybridized carbons (Fsp3) is 0.471. The van der Waals surface area contributed by atoms with Gasteiger partial charge in [0, 0.05) is 11.6 Å². The quantitative estimate of drug-likeness (QED) is 0.609. The Morgan fingerprint density at radius 3 is 2.72 bits per heavy atom. The fourth-order valence-corrected chi connectivity index (χ4v) is 2.79. The third-order valence-corrected chi connectivity index (χ3v) is 4.89. The minimum atomic E-state index is -0.0891. The van der Waals surface area contributed by atoms with Crippen LogP contribution in [0.25, 0.3) is 0 Å². The summed E-state index contributed by atoms with van der Waals surface area (Å²) in [7, 11) is 0. The molecule has 4 N–H and O–H groups in total. The van der Waals surface area contributed by atoms with Crippen molar-refractivity contribution in [2.24, 2.45) is 5.92 Å². The molecule has 0 aliphatic heterocycles. The minimum Gasteiger partial charge on any atom is -1.00 e. The van der Waals surface area contributed by atoms with Crippen molar-refractivity contribution in [3.63, 3.8) is 0 Å². The summed E-state index contributed by atoms with van der Waals surface area (Å²) >= 11 is 1.24. The van der Waals surface area contributed by atoms with Crippen molar-refractivity contribution in [2.45, 2.75) is 44.9 Å². The highest BCUT2D eigenvalue weighted by Crippen LogP contribution is 2.23. The van der Waals surface area contributed by atoms with Gasteiger partial charge in [0.15, 0.2) is 6.04 Å². The maximum Gasteiger partial charge on any atom is 0.277 e. The van der Waals surface area contributed by atoms with Gasteiger partial charge < -0.3 is 27.9 Å². The van der Waals surface area contributed by atoms with Crippen molar-refractivity contribution >= 4 is 23.4 Å². The summed E-state index contributed by atoms with van der Waals surface area (Å²) in [6.45, 7) is 6.27. The number of anilines is 1. The van der Waals surface area contributed by atoms with Gasteiger partial charge in [0.1, 0.15) is 0 Å². The molecule has 0 aliphatic rings. The number of carbonyl (C=O) groups excluding carboxylic acids is 1. The Kier molecular flexibility index (Phi) is 8.96. The van der Waals surface area contributed by atoms with Crippen LogP contribution in [-0.4, -0.2) is 21.9 Å². The van der Waals surface area contributed by atoms with Gasteiger partial charge in [-0.15, -0.1) is 10.2 Å². The Balaban J connectivity index is 0.00000312. The van der Waals surface area contributed by atoms with E-state index in [1.165, 1.54) is 11.8 Å². The molecule has 1 aromatic carbocycles. The van der Waals surface area contributed by atoms with Crippen LogP contribution >= 0.6 is 11.8 Å². The minimum absolute atomic E-state index is 0. The molecule has 0 bridgehead atoms. The normalized spacial score (nSPS) is 13.0. The molecule has 25 heavy (non-hydrogen) atoms. The predicted molar refractivity (Wildman–Crippen MR) is 94.6 cm³/mol. The van der Waals surface area contributed by atoms with Gasteiger partial charge in [-0.25, -0.2) is 0 Å². The number of para-hydroxylation sites is 1. The van der Waals surface area contributed by atoms with E-state index in [0.717, 1.165) is 24.1 Å². The van der Waals surface area contributed by atoms with Crippen molar-refractivity contribution in [2.75, 3.05) is 11.1 Å². The summed E-state index contributed by atoms with van der Waals surface area (Å²) in [4.78, 5) is 12.1. The number of carbonyl (C=O) groups is 1. The van der Waals surface area contributed by atoms with Gasteiger partial charge in [-0.05, 0) is 24.5 Å². The van der Waals surface area contributed by atoms with Crippen LogP contribution in [0.1, 0.15) is 44.7 Å². The van der Waals surface area contributed by atoms with Crippen LogP contribution in [0.2, 0.25) is 0 Å². The van der Waals surface area contributed by atoms with E-state index in [9.17, 15) is 4.79 Å². The van der Waals surface area contributed by atoms with Crippen LogP contribution in [0, 0.1) is 5.92 Å². The summed E-state index contributed by atoms with van der Waals surface area (Å²) < 4.78 is 5.61.